The van der Waals surface area contributed by atoms with Crippen LogP contribution < -0.4 is 14.9 Å². The molecule has 1 amide bonds. The molecule has 8 nitrogen and oxygen atoms in total. The van der Waals surface area contributed by atoms with Gasteiger partial charge in [0.2, 0.25) is 0 Å². The molecule has 0 saturated carbocycles. The monoisotopic (exact) mass is 473 g/mol. The fourth-order valence-electron chi connectivity index (χ4n) is 3.75. The van der Waals surface area contributed by atoms with Crippen LogP contribution in [0.25, 0.3) is 0 Å². The van der Waals surface area contributed by atoms with Crippen LogP contribution in [-0.4, -0.2) is 64.0 Å². The number of sulfonamides is 1. The van der Waals surface area contributed by atoms with Gasteiger partial charge in [-0.1, -0.05) is 39.3 Å². The zero-order valence-corrected chi connectivity index (χ0v) is 20.8. The standard InChI is InChI=1S/C24H35N5O3S/c1-5-6-13-28(4)24(30)22-16-20(17-26-23(22)29-14-11-25-12-15-29)27-33(31,32)21-9-7-19(8-10-21)18(2)3/h7-10,16-18,25,27H,5-6,11-15H2,1-4H3. The van der Waals surface area contributed by atoms with Gasteiger partial charge in [0.1, 0.15) is 5.82 Å². The topological polar surface area (TPSA) is 94.6 Å². The van der Waals surface area contributed by atoms with E-state index >= 15 is 0 Å². The van der Waals surface area contributed by atoms with Gasteiger partial charge in [0.25, 0.3) is 15.9 Å². The van der Waals surface area contributed by atoms with Gasteiger partial charge in [-0.3, -0.25) is 9.52 Å². The third-order valence-electron chi connectivity index (χ3n) is 5.82. The molecule has 2 aromatic rings. The van der Waals surface area contributed by atoms with E-state index in [4.69, 9.17) is 0 Å². The fraction of sp³-hybridized carbons (Fsp3) is 0.500. The smallest absolute Gasteiger partial charge is 0.261 e. The van der Waals surface area contributed by atoms with Gasteiger partial charge < -0.3 is 15.1 Å². The van der Waals surface area contributed by atoms with Gasteiger partial charge in [0.15, 0.2) is 0 Å². The average molecular weight is 474 g/mol. The highest BCUT2D eigenvalue weighted by atomic mass is 32.2. The van der Waals surface area contributed by atoms with Crippen LogP contribution in [0.1, 0.15) is 55.5 Å². The summed E-state index contributed by atoms with van der Waals surface area (Å²) in [5, 5.41) is 3.30. The van der Waals surface area contributed by atoms with Crippen molar-refractivity contribution in [3.05, 3.63) is 47.7 Å². The van der Waals surface area contributed by atoms with Crippen molar-refractivity contribution in [1.82, 2.24) is 15.2 Å². The summed E-state index contributed by atoms with van der Waals surface area (Å²) in [6.45, 7) is 9.92. The van der Waals surface area contributed by atoms with E-state index in [1.165, 1.54) is 6.20 Å². The highest BCUT2D eigenvalue weighted by Crippen LogP contribution is 2.26. The van der Waals surface area contributed by atoms with E-state index in [-0.39, 0.29) is 16.5 Å². The second-order valence-electron chi connectivity index (χ2n) is 8.74. The lowest BCUT2D eigenvalue weighted by molar-refractivity contribution is 0.0793. The summed E-state index contributed by atoms with van der Waals surface area (Å²) in [4.78, 5) is 21.7. The second-order valence-corrected chi connectivity index (χ2v) is 10.4. The third kappa shape index (κ3) is 6.23. The highest BCUT2D eigenvalue weighted by Gasteiger charge is 2.24. The van der Waals surface area contributed by atoms with Crippen molar-refractivity contribution in [2.24, 2.45) is 0 Å². The largest absolute Gasteiger partial charge is 0.353 e. The Balaban J connectivity index is 1.91. The number of carbonyl (C=O) groups excluding carboxylic acids is 1. The summed E-state index contributed by atoms with van der Waals surface area (Å²) in [6, 6.07) is 8.45. The minimum atomic E-state index is -3.81. The van der Waals surface area contributed by atoms with E-state index in [0.29, 0.717) is 23.8 Å². The number of pyridine rings is 1. The first-order valence-electron chi connectivity index (χ1n) is 11.6. The van der Waals surface area contributed by atoms with Crippen LogP contribution in [0.3, 0.4) is 0 Å². The molecule has 1 aliphatic rings. The molecule has 1 aromatic heterocycles. The predicted octanol–water partition coefficient (Wildman–Crippen LogP) is 3.29. The maximum absolute atomic E-state index is 13.3. The Morgan fingerprint density at radius 3 is 2.48 bits per heavy atom. The Morgan fingerprint density at radius 1 is 1.21 bits per heavy atom. The van der Waals surface area contributed by atoms with E-state index in [0.717, 1.165) is 44.6 Å². The first-order valence-corrected chi connectivity index (χ1v) is 13.0. The van der Waals surface area contributed by atoms with Crippen molar-refractivity contribution in [2.45, 2.75) is 44.4 Å². The predicted molar refractivity (Wildman–Crippen MR) is 133 cm³/mol. The molecule has 9 heteroatoms. The minimum Gasteiger partial charge on any atom is -0.353 e. The molecule has 0 unspecified atom stereocenters. The second kappa shape index (κ2) is 11.0. The van der Waals surface area contributed by atoms with Gasteiger partial charge in [-0.15, -0.1) is 0 Å². The average Bonchev–Trinajstić information content (AvgIpc) is 2.82. The van der Waals surface area contributed by atoms with E-state index in [1.54, 1.807) is 30.1 Å². The number of nitrogens with zero attached hydrogens (tertiary/aromatic N) is 3. The quantitative estimate of drug-likeness (QED) is 0.580. The van der Waals surface area contributed by atoms with Gasteiger partial charge in [-0.2, -0.15) is 0 Å². The molecular weight excluding hydrogens is 438 g/mol. The molecule has 1 fully saturated rings. The highest BCUT2D eigenvalue weighted by molar-refractivity contribution is 7.92. The molecule has 0 radical (unpaired) electrons. The summed E-state index contributed by atoms with van der Waals surface area (Å²) in [7, 11) is -2.04. The van der Waals surface area contributed by atoms with E-state index < -0.39 is 10.0 Å². The molecule has 2 heterocycles. The van der Waals surface area contributed by atoms with Gasteiger partial charge in [-0.05, 0) is 36.1 Å². The number of anilines is 2. The molecule has 1 aromatic carbocycles. The number of nitrogens with one attached hydrogen (secondary N) is 2. The summed E-state index contributed by atoms with van der Waals surface area (Å²) < 4.78 is 28.5. The molecule has 1 aliphatic heterocycles. The van der Waals surface area contributed by atoms with Crippen LogP contribution in [0.4, 0.5) is 11.5 Å². The normalized spacial score (nSPS) is 14.4. The number of hydrogen-bond acceptors (Lipinski definition) is 6. The zero-order valence-electron chi connectivity index (χ0n) is 20.0. The van der Waals surface area contributed by atoms with Crippen molar-refractivity contribution < 1.29 is 13.2 Å². The maximum atomic E-state index is 13.3. The first-order chi connectivity index (χ1) is 15.7. The van der Waals surface area contributed by atoms with Crippen LogP contribution in [0, 0.1) is 0 Å². The Hall–Kier alpha value is -2.65. The molecule has 2 N–H and O–H groups in total. The van der Waals surface area contributed by atoms with Gasteiger partial charge >= 0.3 is 0 Å². The SMILES string of the molecule is CCCCN(C)C(=O)c1cc(NS(=O)(=O)c2ccc(C(C)C)cc2)cnc1N1CCNCC1. The fourth-order valence-corrected chi connectivity index (χ4v) is 4.78. The Labute approximate surface area is 197 Å². The minimum absolute atomic E-state index is 0.160. The number of amides is 1. The lowest BCUT2D eigenvalue weighted by Crippen LogP contribution is -2.45. The number of hydrogen-bond donors (Lipinski definition) is 2. The van der Waals surface area contributed by atoms with Crippen LogP contribution in [0.2, 0.25) is 0 Å². The van der Waals surface area contributed by atoms with Crippen molar-refractivity contribution in [2.75, 3.05) is 49.4 Å². The van der Waals surface area contributed by atoms with Crippen molar-refractivity contribution >= 4 is 27.4 Å². The summed E-state index contributed by atoms with van der Waals surface area (Å²) >= 11 is 0. The summed E-state index contributed by atoms with van der Waals surface area (Å²) in [5.74, 6) is 0.746. The number of piperazine rings is 1. The first kappa shape index (κ1) is 25.0. The number of carbonyl (C=O) groups is 1. The molecule has 0 atom stereocenters. The summed E-state index contributed by atoms with van der Waals surface area (Å²) in [6.07, 6.45) is 3.37. The van der Waals surface area contributed by atoms with Crippen molar-refractivity contribution in [3.8, 4) is 0 Å². The molecular formula is C24H35N5O3S. The van der Waals surface area contributed by atoms with E-state index in [2.05, 4.69) is 40.7 Å². The van der Waals surface area contributed by atoms with Crippen LogP contribution >= 0.6 is 0 Å². The maximum Gasteiger partial charge on any atom is 0.261 e. The van der Waals surface area contributed by atoms with Crippen LogP contribution in [0.5, 0.6) is 0 Å². The molecule has 3 rings (SSSR count). The van der Waals surface area contributed by atoms with Crippen molar-refractivity contribution in [3.63, 3.8) is 0 Å². The molecule has 180 valence electrons. The number of unbranched alkanes of at least 4 members (excludes halogenated alkanes) is 1. The molecule has 0 bridgehead atoms. The molecule has 0 aliphatic carbocycles. The number of aromatic nitrogens is 1. The third-order valence-corrected chi connectivity index (χ3v) is 7.21. The van der Waals surface area contributed by atoms with Crippen LogP contribution in [-0.2, 0) is 10.0 Å². The van der Waals surface area contributed by atoms with E-state index in [9.17, 15) is 13.2 Å². The van der Waals surface area contributed by atoms with E-state index in [1.807, 2.05) is 12.1 Å². The lowest BCUT2D eigenvalue weighted by Gasteiger charge is -2.30. The molecule has 1 saturated heterocycles. The Morgan fingerprint density at radius 2 is 1.88 bits per heavy atom. The van der Waals surface area contributed by atoms with Gasteiger partial charge in [-0.25, -0.2) is 13.4 Å². The molecule has 0 spiro atoms. The molecule has 33 heavy (non-hydrogen) atoms. The lowest BCUT2D eigenvalue weighted by atomic mass is 10.0. The van der Waals surface area contributed by atoms with Gasteiger partial charge in [0, 0.05) is 39.8 Å². The Kier molecular flexibility index (Phi) is 8.31. The number of benzene rings is 1. The number of rotatable bonds is 9. The van der Waals surface area contributed by atoms with Gasteiger partial charge in [0.05, 0.1) is 22.3 Å². The summed E-state index contributed by atoms with van der Waals surface area (Å²) in [5.41, 5.74) is 1.75. The Bertz CT molecular complexity index is 1050. The van der Waals surface area contributed by atoms with Crippen LogP contribution in [0.15, 0.2) is 41.4 Å². The zero-order chi connectivity index (χ0) is 24.0. The van der Waals surface area contributed by atoms with Crippen molar-refractivity contribution in [1.29, 1.82) is 0 Å².